The molecule has 4 aliphatic rings. The van der Waals surface area contributed by atoms with Crippen LogP contribution in [-0.2, 0) is 20.9 Å². The number of hydrogen-bond acceptors (Lipinski definition) is 12. The third kappa shape index (κ3) is 10.6. The average Bonchev–Trinajstić information content (AvgIpc) is 4.07. The molecule has 0 radical (unpaired) electrons. The van der Waals surface area contributed by atoms with Crippen molar-refractivity contribution in [3.63, 3.8) is 0 Å². The Morgan fingerprint density at radius 3 is 2.56 bits per heavy atom. The van der Waals surface area contributed by atoms with Crippen molar-refractivity contribution in [3.8, 4) is 11.5 Å². The van der Waals surface area contributed by atoms with Gasteiger partial charge in [0.25, 0.3) is 5.69 Å². The standard InChI is InChI=1S/C44H59ClN4O10/c1-3-18-48(43(52)56-25-17-45)40-29-38(46-58-30-31-11-13-33(14-12-31)49(53)54)36-27-32(9-5-7-22-50)35(10-6-8-23-51)41-37-28-34(55-26-21-47-19-20-47)15-16-39(37)59-44(40,42(36)41)57-24-4-2/h4,11-16,27-28,32,35,40-42,50-51H,2-3,5-10,17-26,29-30H2,1H3. The number of alkyl halides is 1. The van der Waals surface area contributed by atoms with Crippen LogP contribution in [0.2, 0.25) is 0 Å². The Kier molecular flexibility index (Phi) is 16.0. The van der Waals surface area contributed by atoms with E-state index in [0.717, 1.165) is 62.2 Å². The second-order valence-corrected chi connectivity index (χ2v) is 16.0. The van der Waals surface area contributed by atoms with Gasteiger partial charge in [-0.15, -0.1) is 18.2 Å². The molecule has 0 aromatic heterocycles. The van der Waals surface area contributed by atoms with Crippen molar-refractivity contribution in [3.05, 3.63) is 88.0 Å². The van der Waals surface area contributed by atoms with Crippen molar-refractivity contribution in [1.82, 2.24) is 9.80 Å². The number of oxime groups is 1. The van der Waals surface area contributed by atoms with Gasteiger partial charge < -0.3 is 34.0 Å². The predicted octanol–water partition coefficient (Wildman–Crippen LogP) is 7.21. The number of carbonyl (C=O) groups is 1. The van der Waals surface area contributed by atoms with Gasteiger partial charge in [0.15, 0.2) is 0 Å². The summed E-state index contributed by atoms with van der Waals surface area (Å²) in [5.74, 6) is -0.490. The fraction of sp³-hybridized carbons (Fsp3) is 0.591. The lowest BCUT2D eigenvalue weighted by Gasteiger charge is -2.59. The van der Waals surface area contributed by atoms with E-state index in [0.29, 0.717) is 49.4 Å². The first-order valence-corrected chi connectivity index (χ1v) is 21.6. The monoisotopic (exact) mass is 838 g/mol. The minimum Gasteiger partial charge on any atom is -0.492 e. The molecule has 6 atom stereocenters. The highest BCUT2D eigenvalue weighted by Gasteiger charge is 2.65. The summed E-state index contributed by atoms with van der Waals surface area (Å²) < 4.78 is 26.3. The lowest BCUT2D eigenvalue weighted by Crippen LogP contribution is -2.70. The number of rotatable bonds is 24. The summed E-state index contributed by atoms with van der Waals surface area (Å²) in [5, 5.41) is 35.9. The summed E-state index contributed by atoms with van der Waals surface area (Å²) in [7, 11) is 0. The van der Waals surface area contributed by atoms with Crippen LogP contribution in [0.4, 0.5) is 10.5 Å². The van der Waals surface area contributed by atoms with Crippen LogP contribution in [0.15, 0.2) is 71.9 Å². The van der Waals surface area contributed by atoms with Crippen LogP contribution in [0.3, 0.4) is 0 Å². The van der Waals surface area contributed by atoms with Crippen molar-refractivity contribution in [2.75, 3.05) is 65.1 Å². The van der Waals surface area contributed by atoms with E-state index in [-0.39, 0.29) is 68.8 Å². The Labute approximate surface area is 351 Å². The van der Waals surface area contributed by atoms with Crippen LogP contribution in [0.1, 0.15) is 75.3 Å². The molecule has 6 rings (SSSR count). The van der Waals surface area contributed by atoms with E-state index >= 15 is 0 Å². The summed E-state index contributed by atoms with van der Waals surface area (Å²) in [6.45, 7) is 10.3. The minimum absolute atomic E-state index is 0.0193. The van der Waals surface area contributed by atoms with Gasteiger partial charge in [0, 0.05) is 69.4 Å². The van der Waals surface area contributed by atoms with Gasteiger partial charge in [-0.1, -0.05) is 37.1 Å². The molecule has 14 nitrogen and oxygen atoms in total. The molecule has 2 N–H and O–H groups in total. The third-order valence-electron chi connectivity index (χ3n) is 11.8. The molecule has 1 saturated carbocycles. The normalized spacial score (nSPS) is 24.9. The molecule has 6 unspecified atom stereocenters. The number of nitro benzene ring substituents is 1. The van der Waals surface area contributed by atoms with Crippen molar-refractivity contribution < 1.29 is 43.7 Å². The average molecular weight is 839 g/mol. The van der Waals surface area contributed by atoms with Crippen molar-refractivity contribution in [2.45, 2.75) is 82.6 Å². The molecule has 2 aromatic carbocycles. The lowest BCUT2D eigenvalue weighted by molar-refractivity contribution is -0.384. The van der Waals surface area contributed by atoms with E-state index in [4.69, 9.17) is 40.5 Å². The van der Waals surface area contributed by atoms with Crippen molar-refractivity contribution in [1.29, 1.82) is 0 Å². The van der Waals surface area contributed by atoms with Crippen LogP contribution in [0.25, 0.3) is 0 Å². The van der Waals surface area contributed by atoms with Gasteiger partial charge in [0.2, 0.25) is 5.79 Å². The number of allylic oxidation sites excluding steroid dienone is 1. The zero-order valence-corrected chi connectivity index (χ0v) is 34.8. The van der Waals surface area contributed by atoms with Crippen LogP contribution in [0.5, 0.6) is 11.5 Å². The molecule has 322 valence electrons. The number of unbranched alkanes of at least 4 members (excludes halogenated alkanes) is 2. The van der Waals surface area contributed by atoms with E-state index in [1.165, 1.54) is 12.1 Å². The number of non-ortho nitro benzene ring substituents is 1. The van der Waals surface area contributed by atoms with Crippen molar-refractivity contribution >= 4 is 29.1 Å². The Balaban J connectivity index is 1.52. The number of nitro groups is 1. The quantitative estimate of drug-likeness (QED) is 0.0274. The Bertz CT molecular complexity index is 1790. The topological polar surface area (TPSA) is 165 Å². The number of fused-ring (bicyclic) bond motifs is 2. The van der Waals surface area contributed by atoms with Gasteiger partial charge in [-0.3, -0.25) is 19.9 Å². The maximum atomic E-state index is 14.1. The maximum Gasteiger partial charge on any atom is 0.410 e. The van der Waals surface area contributed by atoms with Crippen LogP contribution in [-0.4, -0.2) is 114 Å². The van der Waals surface area contributed by atoms with E-state index in [2.05, 4.69) is 23.6 Å². The van der Waals surface area contributed by atoms with Gasteiger partial charge in [-0.25, -0.2) is 4.79 Å². The zero-order chi connectivity index (χ0) is 41.8. The Morgan fingerprint density at radius 2 is 1.88 bits per heavy atom. The summed E-state index contributed by atoms with van der Waals surface area (Å²) in [5.41, 5.74) is 3.19. The molecule has 2 fully saturated rings. The molecule has 0 bridgehead atoms. The molecule has 2 aliphatic heterocycles. The van der Waals surface area contributed by atoms with Crippen LogP contribution >= 0.6 is 11.6 Å². The van der Waals surface area contributed by atoms with E-state index in [1.807, 2.05) is 19.1 Å². The fourth-order valence-electron chi connectivity index (χ4n) is 9.05. The minimum atomic E-state index is -1.42. The largest absolute Gasteiger partial charge is 0.492 e. The molecule has 15 heteroatoms. The lowest BCUT2D eigenvalue weighted by atomic mass is 9.55. The van der Waals surface area contributed by atoms with Gasteiger partial charge >= 0.3 is 6.09 Å². The summed E-state index contributed by atoms with van der Waals surface area (Å²) in [6.07, 6.45) is 8.77. The van der Waals surface area contributed by atoms with Gasteiger partial charge in [-0.05, 0) is 85.4 Å². The number of nitrogens with zero attached hydrogens (tertiary/aromatic N) is 4. The SMILES string of the molecule is C=CCOC12Oc3ccc(OCCN4CC4)cc3C3C(CCCCO)C(CCCCO)C=C(C(=NOCc4ccc([N+](=O)[O-])cc4)CC1N(CCC)C(=O)OCCCl)C32. The smallest absolute Gasteiger partial charge is 0.410 e. The Hall–Kier alpha value is -4.21. The molecule has 2 aromatic rings. The number of halogens is 1. The van der Waals surface area contributed by atoms with Gasteiger partial charge in [0.1, 0.15) is 37.4 Å². The molecule has 0 spiro atoms. The third-order valence-corrected chi connectivity index (χ3v) is 11.9. The number of benzene rings is 2. The van der Waals surface area contributed by atoms with Gasteiger partial charge in [0.05, 0.1) is 29.0 Å². The number of amides is 1. The second-order valence-electron chi connectivity index (χ2n) is 15.7. The number of aliphatic hydroxyl groups is 2. The van der Waals surface area contributed by atoms with Crippen LogP contribution in [0, 0.1) is 27.9 Å². The van der Waals surface area contributed by atoms with E-state index in [9.17, 15) is 25.1 Å². The number of ether oxygens (including phenoxy) is 4. The zero-order valence-electron chi connectivity index (χ0n) is 34.1. The van der Waals surface area contributed by atoms with E-state index < -0.39 is 28.8 Å². The number of carbonyl (C=O) groups excluding carboxylic acids is 1. The van der Waals surface area contributed by atoms with Gasteiger partial charge in [-0.2, -0.15) is 0 Å². The molecule has 2 aliphatic carbocycles. The molecule has 59 heavy (non-hydrogen) atoms. The number of aliphatic hydroxyl groups excluding tert-OH is 2. The highest BCUT2D eigenvalue weighted by molar-refractivity contribution is 6.18. The van der Waals surface area contributed by atoms with Crippen molar-refractivity contribution in [2.24, 2.45) is 22.9 Å². The summed E-state index contributed by atoms with van der Waals surface area (Å²) in [6, 6.07) is 11.4. The molecular weight excluding hydrogens is 780 g/mol. The first-order valence-electron chi connectivity index (χ1n) is 21.1. The molecule has 2 heterocycles. The van der Waals surface area contributed by atoms with Crippen LogP contribution < -0.4 is 9.47 Å². The highest BCUT2D eigenvalue weighted by atomic mass is 35.5. The first kappa shape index (κ1) is 44.3. The predicted molar refractivity (Wildman–Crippen MR) is 224 cm³/mol. The van der Waals surface area contributed by atoms with E-state index in [1.54, 1.807) is 23.1 Å². The highest BCUT2D eigenvalue weighted by Crippen LogP contribution is 2.62. The number of hydrogen-bond donors (Lipinski definition) is 2. The maximum absolute atomic E-state index is 14.1. The fourth-order valence-corrected chi connectivity index (χ4v) is 9.12. The molecular formula is C44H59ClN4O10. The molecule has 1 amide bonds. The second kappa shape index (κ2) is 21.4. The first-order chi connectivity index (χ1) is 28.8. The summed E-state index contributed by atoms with van der Waals surface area (Å²) >= 11 is 6.01. The molecule has 1 saturated heterocycles. The Morgan fingerprint density at radius 1 is 1.12 bits per heavy atom. The summed E-state index contributed by atoms with van der Waals surface area (Å²) in [4.78, 5) is 35.0.